The van der Waals surface area contributed by atoms with E-state index < -0.39 is 5.91 Å². The van der Waals surface area contributed by atoms with Crippen molar-refractivity contribution in [3.8, 4) is 0 Å². The number of oxime groups is 1. The zero-order chi connectivity index (χ0) is 10.7. The first kappa shape index (κ1) is 10.7. The number of carbonyl (C=O) groups is 1. The Morgan fingerprint density at radius 1 is 1.79 bits per heavy atom. The summed E-state index contributed by atoms with van der Waals surface area (Å²) in [5, 5.41) is 3.56. The zero-order valence-corrected chi connectivity index (χ0v) is 8.65. The normalized spacial score (nSPS) is 11.4. The van der Waals surface area contributed by atoms with Gasteiger partial charge in [0, 0.05) is 0 Å². The number of halogens is 1. The van der Waals surface area contributed by atoms with E-state index in [1.165, 1.54) is 7.11 Å². The van der Waals surface area contributed by atoms with Crippen LogP contribution in [0.3, 0.4) is 0 Å². The number of hydrogen-bond donors (Lipinski definition) is 1. The van der Waals surface area contributed by atoms with Gasteiger partial charge in [-0.3, -0.25) is 10.5 Å². The summed E-state index contributed by atoms with van der Waals surface area (Å²) in [5.41, 5.74) is 12.1. The number of nitrogens with zero attached hydrogens (tertiary/aromatic N) is 2. The van der Waals surface area contributed by atoms with Crippen LogP contribution in [0.5, 0.6) is 0 Å². The summed E-state index contributed by atoms with van der Waals surface area (Å²) in [7, 11) is 1.26. The van der Waals surface area contributed by atoms with Crippen LogP contribution < -0.4 is 11.5 Å². The summed E-state index contributed by atoms with van der Waals surface area (Å²) in [6, 6.07) is 0. The number of nitrogens with two attached hydrogens (primary N) is 1. The van der Waals surface area contributed by atoms with Gasteiger partial charge in [0.2, 0.25) is 0 Å². The number of aromatic nitrogens is 1. The lowest BCUT2D eigenvalue weighted by molar-refractivity contribution is -0.112. The molecule has 3 N–H and O–H groups in total. The maximum atomic E-state index is 10.8. The Hall–Kier alpha value is -1.34. The number of thiazole rings is 1. The van der Waals surface area contributed by atoms with Crippen molar-refractivity contribution in [2.45, 2.75) is 0 Å². The second-order valence-corrected chi connectivity index (χ2v) is 3.76. The van der Waals surface area contributed by atoms with Gasteiger partial charge in [-0.25, -0.2) is 4.98 Å². The number of hydrogen-bond acceptors (Lipinski definition) is 6. The van der Waals surface area contributed by atoms with Gasteiger partial charge in [-0.1, -0.05) is 28.1 Å². The summed E-state index contributed by atoms with van der Waals surface area (Å²) < 4.78 is 0.207. The largest absolute Gasteiger partial charge is 0.398 e. The van der Waals surface area contributed by atoms with Crippen molar-refractivity contribution in [2.24, 2.45) is 5.16 Å². The summed E-state index contributed by atoms with van der Waals surface area (Å²) in [4.78, 5) is 19.0. The van der Waals surface area contributed by atoms with E-state index in [9.17, 15) is 4.79 Å². The van der Waals surface area contributed by atoms with E-state index >= 15 is 0 Å². The molecule has 1 aromatic rings. The Balaban J connectivity index is 3.18. The molecule has 0 atom stereocenters. The summed E-state index contributed by atoms with van der Waals surface area (Å²) in [6.45, 7) is 0. The standard InChI is InChI=1S/C6H6ClN4O2S/c1-13-11-3(5(8)12)2-4(7)14-6(9)10-2/h8H,1H3,(H2,9,10). The Morgan fingerprint density at radius 2 is 2.43 bits per heavy atom. The van der Waals surface area contributed by atoms with E-state index in [2.05, 4.69) is 15.0 Å². The number of anilines is 1. The van der Waals surface area contributed by atoms with E-state index in [-0.39, 0.29) is 20.9 Å². The summed E-state index contributed by atoms with van der Waals surface area (Å²) in [6.07, 6.45) is 0. The molecule has 1 amide bonds. The predicted molar refractivity (Wildman–Crippen MR) is 53.2 cm³/mol. The first-order chi connectivity index (χ1) is 6.56. The number of nitrogen functional groups attached to an aromatic ring is 1. The fourth-order valence-electron chi connectivity index (χ4n) is 0.747. The number of rotatable bonds is 3. The lowest BCUT2D eigenvalue weighted by Crippen LogP contribution is -2.17. The van der Waals surface area contributed by atoms with Gasteiger partial charge in [0.25, 0.3) is 5.91 Å². The molecule has 0 spiro atoms. The maximum absolute atomic E-state index is 10.8. The highest BCUT2D eigenvalue weighted by atomic mass is 35.5. The minimum Gasteiger partial charge on any atom is -0.398 e. The van der Waals surface area contributed by atoms with Crippen LogP contribution in [0.1, 0.15) is 5.69 Å². The van der Waals surface area contributed by atoms with Gasteiger partial charge < -0.3 is 10.6 Å². The molecule has 8 heteroatoms. The molecule has 0 aliphatic carbocycles. The van der Waals surface area contributed by atoms with Crippen molar-refractivity contribution in [2.75, 3.05) is 12.8 Å². The van der Waals surface area contributed by atoms with Crippen molar-refractivity contribution < 1.29 is 9.63 Å². The smallest absolute Gasteiger partial charge is 0.294 e. The number of amides is 1. The van der Waals surface area contributed by atoms with Crippen LogP contribution >= 0.6 is 22.9 Å². The lowest BCUT2D eigenvalue weighted by atomic mass is 10.3. The molecule has 14 heavy (non-hydrogen) atoms. The highest BCUT2D eigenvalue weighted by molar-refractivity contribution is 7.19. The topological polar surface area (TPSA) is 101 Å². The molecular formula is C6H6ClN4O2S. The highest BCUT2D eigenvalue weighted by Gasteiger charge is 2.20. The molecule has 0 aliphatic heterocycles. The van der Waals surface area contributed by atoms with Gasteiger partial charge in [-0.2, -0.15) is 0 Å². The SMILES string of the molecule is CON=C(C([NH])=O)c1nc(N)sc1Cl. The fraction of sp³-hybridized carbons (Fsp3) is 0.167. The van der Waals surface area contributed by atoms with Gasteiger partial charge in [0.05, 0.1) is 0 Å². The highest BCUT2D eigenvalue weighted by Crippen LogP contribution is 2.26. The molecule has 0 bridgehead atoms. The van der Waals surface area contributed by atoms with E-state index in [4.69, 9.17) is 23.1 Å². The van der Waals surface area contributed by atoms with E-state index in [1.54, 1.807) is 0 Å². The van der Waals surface area contributed by atoms with Crippen molar-refractivity contribution >= 4 is 39.7 Å². The van der Waals surface area contributed by atoms with Crippen molar-refractivity contribution in [3.63, 3.8) is 0 Å². The number of carbonyl (C=O) groups excluding carboxylic acids is 1. The first-order valence-corrected chi connectivity index (χ1v) is 4.55. The zero-order valence-electron chi connectivity index (χ0n) is 7.07. The van der Waals surface area contributed by atoms with Crippen molar-refractivity contribution in [1.29, 1.82) is 0 Å². The second-order valence-electron chi connectivity index (χ2n) is 2.13. The van der Waals surface area contributed by atoms with E-state index in [1.807, 2.05) is 0 Å². The number of nitrogens with one attached hydrogen (secondary N) is 1. The minimum atomic E-state index is -1.03. The summed E-state index contributed by atoms with van der Waals surface area (Å²) >= 11 is 6.72. The average molecular weight is 234 g/mol. The van der Waals surface area contributed by atoms with Gasteiger partial charge in [0.15, 0.2) is 10.8 Å². The molecule has 1 heterocycles. The van der Waals surface area contributed by atoms with Gasteiger partial charge in [0.1, 0.15) is 17.1 Å². The molecule has 75 valence electrons. The van der Waals surface area contributed by atoms with Gasteiger partial charge in [-0.15, -0.1) is 0 Å². The van der Waals surface area contributed by atoms with Crippen LogP contribution in [0.4, 0.5) is 5.13 Å². The first-order valence-electron chi connectivity index (χ1n) is 3.35. The van der Waals surface area contributed by atoms with Crippen LogP contribution in [-0.4, -0.2) is 23.7 Å². The van der Waals surface area contributed by atoms with Gasteiger partial charge >= 0.3 is 0 Å². The molecule has 1 aromatic heterocycles. The minimum absolute atomic E-state index is 0.0796. The van der Waals surface area contributed by atoms with Crippen molar-refractivity contribution in [1.82, 2.24) is 10.7 Å². The fourth-order valence-corrected chi connectivity index (χ4v) is 1.68. The van der Waals surface area contributed by atoms with Crippen LogP contribution in [0.2, 0.25) is 4.34 Å². The molecule has 1 radical (unpaired) electrons. The van der Waals surface area contributed by atoms with Crippen LogP contribution in [0.25, 0.3) is 0 Å². The maximum Gasteiger partial charge on any atom is 0.294 e. The Labute approximate surface area is 88.5 Å². The van der Waals surface area contributed by atoms with Crippen LogP contribution in [0, 0.1) is 0 Å². The third-order valence-corrected chi connectivity index (χ3v) is 2.31. The van der Waals surface area contributed by atoms with Crippen LogP contribution in [-0.2, 0) is 9.63 Å². The monoisotopic (exact) mass is 233 g/mol. The second kappa shape index (κ2) is 4.25. The average Bonchev–Trinajstić information content (AvgIpc) is 2.40. The Bertz CT molecular complexity index is 389. The molecular weight excluding hydrogens is 228 g/mol. The Morgan fingerprint density at radius 3 is 2.79 bits per heavy atom. The van der Waals surface area contributed by atoms with E-state index in [0.29, 0.717) is 0 Å². The molecule has 0 fully saturated rings. The third-order valence-electron chi connectivity index (χ3n) is 1.22. The molecule has 0 saturated carbocycles. The molecule has 0 aliphatic rings. The molecule has 6 nitrogen and oxygen atoms in total. The van der Waals surface area contributed by atoms with E-state index in [0.717, 1.165) is 11.3 Å². The summed E-state index contributed by atoms with van der Waals surface area (Å²) in [5.74, 6) is -1.03. The quantitative estimate of drug-likeness (QED) is 0.608. The Kier molecular flexibility index (Phi) is 3.26. The molecule has 0 saturated heterocycles. The van der Waals surface area contributed by atoms with Crippen LogP contribution in [0.15, 0.2) is 5.16 Å². The van der Waals surface area contributed by atoms with Gasteiger partial charge in [-0.05, 0) is 0 Å². The molecule has 0 aromatic carbocycles. The molecule has 0 unspecified atom stereocenters. The molecule has 1 rings (SSSR count). The lowest BCUT2D eigenvalue weighted by Gasteiger charge is -1.96. The van der Waals surface area contributed by atoms with Crippen molar-refractivity contribution in [3.05, 3.63) is 10.0 Å². The predicted octanol–water partition coefficient (Wildman–Crippen LogP) is 0.539. The third kappa shape index (κ3) is 2.12.